The van der Waals surface area contributed by atoms with Crippen molar-refractivity contribution < 1.29 is 9.90 Å². The number of benzene rings is 1. The average molecular weight is 446 g/mol. The average Bonchev–Trinajstić information content (AvgIpc) is 3.11. The molecule has 0 amide bonds. The molecule has 2 heterocycles. The van der Waals surface area contributed by atoms with E-state index in [0.717, 1.165) is 11.2 Å². The number of halogens is 1. The summed E-state index contributed by atoms with van der Waals surface area (Å²) in [6, 6.07) is 4.63. The minimum absolute atomic E-state index is 0.0329. The Hall–Kier alpha value is -2.91. The van der Waals surface area contributed by atoms with Gasteiger partial charge in [-0.2, -0.15) is 10.1 Å². The zero-order valence-electron chi connectivity index (χ0n) is 18.3. The summed E-state index contributed by atoms with van der Waals surface area (Å²) in [5.41, 5.74) is 9.65. The molecule has 5 N–H and O–H groups in total. The third kappa shape index (κ3) is 4.72. The fourth-order valence-corrected chi connectivity index (χ4v) is 3.55. The minimum atomic E-state index is -1.08. The van der Waals surface area contributed by atoms with E-state index < -0.39 is 5.97 Å². The standard InChI is InChI=1S/C21H28ClN7O2/c1-10(2)16-18-17(28-27-16)19(25-13-6-7-14(20(30)31)15(22)8-13)26-21(24-9-12(5)23)29(18)11(3)4/h6-8,10-12H,9,23H2,1-5H3,(H,27,28)(H,30,31)(H,24,25,26). The topological polar surface area (TPSA) is 134 Å². The number of nitrogens with one attached hydrogen (secondary N) is 2. The number of nitrogens with two attached hydrogens (primary N) is 1. The maximum atomic E-state index is 11.2. The zero-order valence-corrected chi connectivity index (χ0v) is 19.0. The molecule has 0 aliphatic heterocycles. The molecule has 0 radical (unpaired) electrons. The fraction of sp³-hybridized carbons (Fsp3) is 0.429. The van der Waals surface area contributed by atoms with Crippen LogP contribution in [0.5, 0.6) is 0 Å². The highest BCUT2D eigenvalue weighted by Crippen LogP contribution is 2.30. The van der Waals surface area contributed by atoms with Crippen LogP contribution in [0.25, 0.3) is 11.0 Å². The van der Waals surface area contributed by atoms with Crippen molar-refractivity contribution in [1.82, 2.24) is 19.7 Å². The van der Waals surface area contributed by atoms with Crippen molar-refractivity contribution in [3.8, 4) is 0 Å². The molecule has 0 saturated carbocycles. The van der Waals surface area contributed by atoms with Crippen LogP contribution in [0, 0.1) is 0 Å². The number of fused-ring (bicyclic) bond motifs is 1. The van der Waals surface area contributed by atoms with Gasteiger partial charge in [0.1, 0.15) is 0 Å². The first kappa shape index (κ1) is 22.8. The van der Waals surface area contributed by atoms with Gasteiger partial charge in [0, 0.05) is 17.8 Å². The molecule has 0 fully saturated rings. The Bertz CT molecular complexity index is 1180. The maximum Gasteiger partial charge on any atom is 0.337 e. The van der Waals surface area contributed by atoms with Gasteiger partial charge in [0.15, 0.2) is 11.3 Å². The van der Waals surface area contributed by atoms with Crippen LogP contribution < -0.4 is 16.7 Å². The second-order valence-electron chi connectivity index (χ2n) is 8.16. The lowest BCUT2D eigenvalue weighted by Crippen LogP contribution is -2.30. The Morgan fingerprint density at radius 2 is 2.03 bits per heavy atom. The molecule has 31 heavy (non-hydrogen) atoms. The van der Waals surface area contributed by atoms with Crippen molar-refractivity contribution in [2.45, 2.75) is 52.6 Å². The maximum absolute atomic E-state index is 11.2. The molecule has 0 aliphatic rings. The number of H-pyrrole nitrogens is 1. The number of aromatic nitrogens is 4. The summed E-state index contributed by atoms with van der Waals surface area (Å²) in [6.07, 6.45) is 0. The van der Waals surface area contributed by atoms with Crippen molar-refractivity contribution in [1.29, 1.82) is 0 Å². The van der Waals surface area contributed by atoms with Crippen molar-refractivity contribution in [3.05, 3.63) is 40.1 Å². The van der Waals surface area contributed by atoms with E-state index in [2.05, 4.69) is 52.8 Å². The van der Waals surface area contributed by atoms with Crippen molar-refractivity contribution >= 4 is 40.1 Å². The number of carboxylic acid groups (broad SMARTS) is 1. The van der Waals surface area contributed by atoms with E-state index in [1.54, 1.807) is 12.1 Å². The van der Waals surface area contributed by atoms with Crippen molar-refractivity contribution in [2.75, 3.05) is 11.9 Å². The second kappa shape index (κ2) is 9.07. The number of aromatic amines is 1. The Labute approximate surface area is 185 Å². The number of nitrogens with zero attached hydrogens (tertiary/aromatic N) is 4. The summed E-state index contributed by atoms with van der Waals surface area (Å²) in [7, 11) is 0. The van der Waals surface area contributed by atoms with Crippen LogP contribution in [0.15, 0.2) is 23.2 Å². The van der Waals surface area contributed by atoms with Gasteiger partial charge in [0.05, 0.1) is 28.3 Å². The summed E-state index contributed by atoms with van der Waals surface area (Å²) in [6.45, 7) is 10.6. The number of hydrogen-bond acceptors (Lipinski definition) is 6. The third-order valence-electron chi connectivity index (χ3n) is 4.74. The molecule has 0 bridgehead atoms. The molecule has 2 aromatic heterocycles. The molecule has 3 aromatic rings. The summed E-state index contributed by atoms with van der Waals surface area (Å²) in [5, 5.41) is 20.2. The molecule has 1 unspecified atom stereocenters. The molecule has 0 spiro atoms. The predicted molar refractivity (Wildman–Crippen MR) is 122 cm³/mol. The molecule has 1 atom stereocenters. The SMILES string of the molecule is CC(N)CN=c1nc(Nc2ccc(C(=O)O)c(Cl)c2)c2n[nH]c(C(C)C)c2n1C(C)C. The Morgan fingerprint density at radius 1 is 1.32 bits per heavy atom. The first-order chi connectivity index (χ1) is 14.6. The van der Waals surface area contributed by atoms with Gasteiger partial charge < -0.3 is 20.7 Å². The molecule has 166 valence electrons. The number of carboxylic acids is 1. The Balaban J connectivity index is 2.24. The molecule has 1 aromatic carbocycles. The minimum Gasteiger partial charge on any atom is -0.478 e. The molecular weight excluding hydrogens is 418 g/mol. The molecule has 9 nitrogen and oxygen atoms in total. The monoisotopic (exact) mass is 445 g/mol. The summed E-state index contributed by atoms with van der Waals surface area (Å²) >= 11 is 6.14. The molecular formula is C21H28ClN7O2. The van der Waals surface area contributed by atoms with E-state index in [0.29, 0.717) is 29.2 Å². The van der Waals surface area contributed by atoms with Crippen LogP contribution in [0.4, 0.5) is 11.5 Å². The third-order valence-corrected chi connectivity index (χ3v) is 5.05. The normalized spacial score (nSPS) is 13.4. The van der Waals surface area contributed by atoms with Gasteiger partial charge >= 0.3 is 5.97 Å². The quantitative estimate of drug-likeness (QED) is 0.436. The Kier molecular flexibility index (Phi) is 6.66. The highest BCUT2D eigenvalue weighted by molar-refractivity contribution is 6.33. The lowest BCUT2D eigenvalue weighted by atomic mass is 10.1. The summed E-state index contributed by atoms with van der Waals surface area (Å²) in [4.78, 5) is 20.6. The van der Waals surface area contributed by atoms with E-state index >= 15 is 0 Å². The van der Waals surface area contributed by atoms with E-state index in [1.807, 2.05) is 6.92 Å². The van der Waals surface area contributed by atoms with Crippen LogP contribution in [0.3, 0.4) is 0 Å². The van der Waals surface area contributed by atoms with Gasteiger partial charge in [-0.25, -0.2) is 9.79 Å². The highest BCUT2D eigenvalue weighted by atomic mass is 35.5. The fourth-order valence-electron chi connectivity index (χ4n) is 3.28. The lowest BCUT2D eigenvalue weighted by molar-refractivity contribution is 0.0697. The highest BCUT2D eigenvalue weighted by Gasteiger charge is 2.20. The largest absolute Gasteiger partial charge is 0.478 e. The van der Waals surface area contributed by atoms with E-state index in [9.17, 15) is 9.90 Å². The van der Waals surface area contributed by atoms with Crippen LogP contribution in [0.1, 0.15) is 62.6 Å². The smallest absolute Gasteiger partial charge is 0.337 e. The summed E-state index contributed by atoms with van der Waals surface area (Å²) in [5.74, 6) is -0.380. The number of hydrogen-bond donors (Lipinski definition) is 4. The van der Waals surface area contributed by atoms with E-state index in [-0.39, 0.29) is 28.6 Å². The first-order valence-electron chi connectivity index (χ1n) is 10.2. The van der Waals surface area contributed by atoms with Gasteiger partial charge in [0.2, 0.25) is 5.62 Å². The summed E-state index contributed by atoms with van der Waals surface area (Å²) < 4.78 is 2.06. The molecule has 0 saturated heterocycles. The van der Waals surface area contributed by atoms with Crippen LogP contribution >= 0.6 is 11.6 Å². The Morgan fingerprint density at radius 3 is 2.58 bits per heavy atom. The van der Waals surface area contributed by atoms with Gasteiger partial charge in [0.25, 0.3) is 0 Å². The van der Waals surface area contributed by atoms with Gasteiger partial charge in [-0.3, -0.25) is 5.10 Å². The van der Waals surface area contributed by atoms with Crippen molar-refractivity contribution in [3.63, 3.8) is 0 Å². The number of rotatable bonds is 7. The number of anilines is 2. The van der Waals surface area contributed by atoms with E-state index in [1.165, 1.54) is 6.07 Å². The molecule has 3 rings (SSSR count). The van der Waals surface area contributed by atoms with Gasteiger partial charge in [-0.05, 0) is 44.9 Å². The van der Waals surface area contributed by atoms with Crippen molar-refractivity contribution in [2.24, 2.45) is 10.7 Å². The predicted octanol–water partition coefficient (Wildman–Crippen LogP) is 3.81. The first-order valence-corrected chi connectivity index (χ1v) is 10.5. The molecule has 0 aliphatic carbocycles. The number of aromatic carboxylic acids is 1. The number of carbonyl (C=O) groups is 1. The van der Waals surface area contributed by atoms with Crippen LogP contribution in [-0.4, -0.2) is 43.4 Å². The van der Waals surface area contributed by atoms with E-state index in [4.69, 9.17) is 22.3 Å². The van der Waals surface area contributed by atoms with Crippen LogP contribution in [0.2, 0.25) is 5.02 Å². The van der Waals surface area contributed by atoms with Gasteiger partial charge in [-0.1, -0.05) is 25.4 Å². The van der Waals surface area contributed by atoms with Crippen LogP contribution in [-0.2, 0) is 0 Å². The second-order valence-corrected chi connectivity index (χ2v) is 8.56. The lowest BCUT2D eigenvalue weighted by Gasteiger charge is -2.17. The molecule has 10 heteroatoms. The zero-order chi connectivity index (χ0) is 22.9. The van der Waals surface area contributed by atoms with Gasteiger partial charge in [-0.15, -0.1) is 0 Å².